The van der Waals surface area contributed by atoms with Gasteiger partial charge in [0.25, 0.3) is 0 Å². The third-order valence-electron chi connectivity index (χ3n) is 1.13. The van der Waals surface area contributed by atoms with Gasteiger partial charge in [-0.1, -0.05) is 0 Å². The van der Waals surface area contributed by atoms with Crippen molar-refractivity contribution in [3.05, 3.63) is 0 Å². The van der Waals surface area contributed by atoms with Gasteiger partial charge in [0.1, 0.15) is 11.6 Å². The molecule has 0 bridgehead atoms. The van der Waals surface area contributed by atoms with Crippen molar-refractivity contribution in [3.8, 4) is 0 Å². The van der Waals surface area contributed by atoms with E-state index in [2.05, 4.69) is 4.99 Å². The van der Waals surface area contributed by atoms with Gasteiger partial charge in [0.2, 0.25) is 0 Å². The summed E-state index contributed by atoms with van der Waals surface area (Å²) in [7, 11) is 0. The van der Waals surface area contributed by atoms with Crippen molar-refractivity contribution in [1.29, 1.82) is 0 Å². The fourth-order valence-electron chi connectivity index (χ4n) is 0.599. The number of carboxylic acids is 2. The second-order valence-electron chi connectivity index (χ2n) is 2.36. The molecule has 0 atom stereocenters. The van der Waals surface area contributed by atoms with Crippen molar-refractivity contribution in [2.45, 2.75) is 0 Å². The third-order valence-corrected chi connectivity index (χ3v) is 2.34. The number of alkyl halides is 1. The van der Waals surface area contributed by atoms with Crippen LogP contribution in [0.5, 0.6) is 0 Å². The predicted octanol–water partition coefficient (Wildman–Crippen LogP) is 0.373. The molecule has 1 rings (SSSR count). The van der Waals surface area contributed by atoms with Gasteiger partial charge in [0, 0.05) is 0 Å². The van der Waals surface area contributed by atoms with Crippen molar-refractivity contribution >= 4 is 41.8 Å². The second kappa shape index (κ2) is 8.37. The van der Waals surface area contributed by atoms with Crippen LogP contribution in [0.4, 0.5) is 0 Å². The van der Waals surface area contributed by atoms with Crippen molar-refractivity contribution in [1.82, 2.24) is 4.31 Å². The highest BCUT2D eigenvalue weighted by molar-refractivity contribution is 7.98. The molecule has 0 aromatic carbocycles. The highest BCUT2D eigenvalue weighted by Crippen LogP contribution is 2.09. The Bertz CT molecular complexity index is 249. The molecule has 0 fully saturated rings. The minimum absolute atomic E-state index is 0.117. The Labute approximate surface area is 96.1 Å². The largest absolute Gasteiger partial charge is 0.481 e. The Morgan fingerprint density at radius 2 is 2.07 bits per heavy atom. The van der Waals surface area contributed by atoms with E-state index in [9.17, 15) is 9.59 Å². The molecule has 0 aromatic rings. The van der Waals surface area contributed by atoms with Crippen molar-refractivity contribution in [2.75, 3.05) is 24.7 Å². The molecule has 1 aliphatic rings. The van der Waals surface area contributed by atoms with E-state index in [0.29, 0.717) is 0 Å². The van der Waals surface area contributed by atoms with Crippen LogP contribution in [-0.4, -0.2) is 57.5 Å². The van der Waals surface area contributed by atoms with Gasteiger partial charge in [0.05, 0.1) is 19.4 Å². The Morgan fingerprint density at radius 1 is 1.47 bits per heavy atom. The summed E-state index contributed by atoms with van der Waals surface area (Å²) >= 11 is 6.01. The van der Waals surface area contributed by atoms with E-state index in [1.807, 2.05) is 4.31 Å². The number of halogens is 1. The van der Waals surface area contributed by atoms with E-state index < -0.39 is 11.9 Å². The van der Waals surface area contributed by atoms with Gasteiger partial charge in [-0.15, -0.1) is 11.6 Å². The summed E-state index contributed by atoms with van der Waals surface area (Å²) in [6.45, 7) is 1.62. The average Bonchev–Trinajstić information content (AvgIpc) is 2.68. The van der Waals surface area contributed by atoms with E-state index >= 15 is 0 Å². The Morgan fingerprint density at radius 3 is 2.40 bits per heavy atom. The van der Waals surface area contributed by atoms with Crippen molar-refractivity contribution in [2.24, 2.45) is 4.99 Å². The van der Waals surface area contributed by atoms with Crippen molar-refractivity contribution in [3.63, 3.8) is 0 Å². The minimum atomic E-state index is -0.980. The lowest BCUT2D eigenvalue weighted by molar-refractivity contribution is -0.135. The summed E-state index contributed by atoms with van der Waals surface area (Å²) in [6.07, 6.45) is 1.67. The number of hydrogen-bond donors (Lipinski definition) is 2. The molecule has 0 aliphatic carbocycles. The lowest BCUT2D eigenvalue weighted by Gasteiger charge is -2.08. The number of aliphatic imine (C=N–C) groups is 1. The molecule has 0 amide bonds. The lowest BCUT2D eigenvalue weighted by atomic mass is 10.7. The highest BCUT2D eigenvalue weighted by atomic mass is 35.5. The van der Waals surface area contributed by atoms with Crippen LogP contribution in [0.15, 0.2) is 4.99 Å². The molecule has 0 saturated carbocycles. The Hall–Kier alpha value is -0.950. The summed E-state index contributed by atoms with van der Waals surface area (Å²) in [6, 6.07) is 0. The number of carboxylic acid groups (broad SMARTS) is 2. The first-order valence-electron chi connectivity index (χ1n) is 3.95. The molecule has 0 aromatic heterocycles. The van der Waals surface area contributed by atoms with Gasteiger partial charge in [0.15, 0.2) is 0 Å². The molecule has 6 nitrogen and oxygen atoms in total. The van der Waals surface area contributed by atoms with Gasteiger partial charge in [-0.3, -0.25) is 14.6 Å². The maximum Gasteiger partial charge on any atom is 0.318 e. The summed E-state index contributed by atoms with van der Waals surface area (Å²) < 4.78 is 1.83. The summed E-state index contributed by atoms with van der Waals surface area (Å²) in [5, 5.41) is 15.9. The topological polar surface area (TPSA) is 90.2 Å². The molecule has 2 N–H and O–H groups in total. The first-order chi connectivity index (χ1) is 7.06. The molecule has 0 saturated heterocycles. The number of nitrogens with zero attached hydrogens (tertiary/aromatic N) is 2. The molecular weight excluding hydrogens is 244 g/mol. The van der Waals surface area contributed by atoms with Crippen LogP contribution in [0.3, 0.4) is 0 Å². The number of hydrogen-bond acceptors (Lipinski definition) is 5. The summed E-state index contributed by atoms with van der Waals surface area (Å²) in [5.74, 6) is -1.96. The zero-order chi connectivity index (χ0) is 11.7. The molecule has 1 heterocycles. The molecule has 1 aliphatic heterocycles. The quantitative estimate of drug-likeness (QED) is 0.557. The van der Waals surface area contributed by atoms with Crippen LogP contribution >= 0.6 is 23.5 Å². The van der Waals surface area contributed by atoms with Crippen LogP contribution in [0.1, 0.15) is 0 Å². The molecule has 8 heteroatoms. The predicted molar refractivity (Wildman–Crippen MR) is 58.5 cm³/mol. The minimum Gasteiger partial charge on any atom is -0.481 e. The van der Waals surface area contributed by atoms with Gasteiger partial charge < -0.3 is 14.5 Å². The van der Waals surface area contributed by atoms with Crippen LogP contribution in [-0.2, 0) is 9.59 Å². The van der Waals surface area contributed by atoms with E-state index in [4.69, 9.17) is 21.8 Å². The standard InChI is InChI=1S/C5H8N2O2S.C2H3ClO2/c8-5(9)3-10-7-2-1-6-4-7;3-1-2(4)5/h4H,1-3H2,(H,8,9);1H2,(H,4,5). The fourth-order valence-corrected chi connectivity index (χ4v) is 1.22. The van der Waals surface area contributed by atoms with Gasteiger partial charge >= 0.3 is 11.9 Å². The zero-order valence-corrected chi connectivity index (χ0v) is 9.37. The first-order valence-corrected chi connectivity index (χ1v) is 5.43. The molecule has 0 unspecified atom stereocenters. The van der Waals surface area contributed by atoms with Gasteiger partial charge in [-0.25, -0.2) is 0 Å². The lowest BCUT2D eigenvalue weighted by Crippen LogP contribution is -2.13. The van der Waals surface area contributed by atoms with Crippen LogP contribution in [0, 0.1) is 0 Å². The maximum atomic E-state index is 10.1. The third kappa shape index (κ3) is 9.36. The maximum absolute atomic E-state index is 10.1. The monoisotopic (exact) mass is 254 g/mol. The number of carbonyl (C=O) groups is 2. The molecular formula is C7H11ClN2O4S. The number of rotatable bonds is 4. The second-order valence-corrected chi connectivity index (χ2v) is 3.64. The average molecular weight is 255 g/mol. The SMILES string of the molecule is O=C(O)CCl.O=C(O)CSN1C=NCC1. The smallest absolute Gasteiger partial charge is 0.318 e. The fraction of sp³-hybridized carbons (Fsp3) is 0.571. The zero-order valence-electron chi connectivity index (χ0n) is 7.80. The van der Waals surface area contributed by atoms with E-state index in [-0.39, 0.29) is 11.6 Å². The van der Waals surface area contributed by atoms with Crippen LogP contribution in [0.25, 0.3) is 0 Å². The van der Waals surface area contributed by atoms with Crippen molar-refractivity contribution < 1.29 is 19.8 Å². The molecule has 15 heavy (non-hydrogen) atoms. The van der Waals surface area contributed by atoms with E-state index in [1.165, 1.54) is 11.9 Å². The summed E-state index contributed by atoms with van der Waals surface area (Å²) in [5.41, 5.74) is 0. The highest BCUT2D eigenvalue weighted by Gasteiger charge is 2.07. The number of aliphatic carboxylic acids is 2. The summed E-state index contributed by atoms with van der Waals surface area (Å²) in [4.78, 5) is 23.2. The molecule has 86 valence electrons. The van der Waals surface area contributed by atoms with Crippen LogP contribution in [0.2, 0.25) is 0 Å². The molecule has 0 spiro atoms. The van der Waals surface area contributed by atoms with Gasteiger partial charge in [-0.2, -0.15) is 0 Å². The Kier molecular flexibility index (Phi) is 7.84. The van der Waals surface area contributed by atoms with Gasteiger partial charge in [-0.05, 0) is 11.9 Å². The Balaban J connectivity index is 0.000000336. The normalized spacial score (nSPS) is 13.3. The first kappa shape index (κ1) is 14.1. The van der Waals surface area contributed by atoms with Crippen LogP contribution < -0.4 is 0 Å². The molecule has 0 radical (unpaired) electrons. The van der Waals surface area contributed by atoms with E-state index in [0.717, 1.165) is 13.1 Å². The van der Waals surface area contributed by atoms with E-state index in [1.54, 1.807) is 6.34 Å².